The largest absolute Gasteiger partial charge is 0.488 e. The summed E-state index contributed by atoms with van der Waals surface area (Å²) in [7, 11) is 0. The van der Waals surface area contributed by atoms with E-state index in [1.165, 1.54) is 30.3 Å². The number of amides is 4. The van der Waals surface area contributed by atoms with Crippen LogP contribution in [0.5, 0.6) is 17.2 Å². The van der Waals surface area contributed by atoms with Gasteiger partial charge in [0.15, 0.2) is 11.5 Å². The highest BCUT2D eigenvalue weighted by Crippen LogP contribution is 2.36. The van der Waals surface area contributed by atoms with Gasteiger partial charge in [0.1, 0.15) is 17.9 Å². The predicted octanol–water partition coefficient (Wildman–Crippen LogP) is 4.33. The minimum Gasteiger partial charge on any atom is -0.488 e. The minimum absolute atomic E-state index is 0.0219. The van der Waals surface area contributed by atoms with Gasteiger partial charge >= 0.3 is 6.03 Å². The third-order valence-electron chi connectivity index (χ3n) is 5.53. The van der Waals surface area contributed by atoms with E-state index in [0.717, 1.165) is 4.90 Å². The number of carbonyl (C=O) groups excluding carboxylic acids is 3. The van der Waals surface area contributed by atoms with Gasteiger partial charge in [-0.1, -0.05) is 15.9 Å². The maximum Gasteiger partial charge on any atom is 0.335 e. The summed E-state index contributed by atoms with van der Waals surface area (Å²) >= 11 is 3.37. The Bertz CT molecular complexity index is 1490. The van der Waals surface area contributed by atoms with Crippen molar-refractivity contribution in [1.29, 1.82) is 0 Å². The first-order chi connectivity index (χ1) is 17.8. The van der Waals surface area contributed by atoms with Gasteiger partial charge in [0.2, 0.25) is 6.79 Å². The van der Waals surface area contributed by atoms with Crippen LogP contribution >= 0.6 is 15.9 Å². The van der Waals surface area contributed by atoms with E-state index in [-0.39, 0.29) is 30.3 Å². The van der Waals surface area contributed by atoms with Gasteiger partial charge in [-0.3, -0.25) is 25.0 Å². The number of non-ortho nitro benzene ring substituents is 1. The second kappa shape index (κ2) is 9.74. The third-order valence-corrected chi connectivity index (χ3v) is 6.02. The van der Waals surface area contributed by atoms with Crippen LogP contribution in [0.15, 0.2) is 70.7 Å². The fraction of sp³-hybridized carbons (Fsp3) is 0.0800. The molecule has 0 unspecified atom stereocenters. The molecule has 1 saturated heterocycles. The van der Waals surface area contributed by atoms with Crippen LogP contribution in [0.2, 0.25) is 0 Å². The number of barbiturate groups is 1. The third kappa shape index (κ3) is 4.86. The first-order valence-corrected chi connectivity index (χ1v) is 11.6. The van der Waals surface area contributed by atoms with Crippen molar-refractivity contribution < 1.29 is 33.5 Å². The molecule has 2 aliphatic heterocycles. The number of urea groups is 1. The molecule has 2 aliphatic rings. The topological polar surface area (TPSA) is 137 Å². The van der Waals surface area contributed by atoms with Crippen molar-refractivity contribution in [3.8, 4) is 17.2 Å². The van der Waals surface area contributed by atoms with Crippen LogP contribution in [-0.4, -0.2) is 29.6 Å². The summed E-state index contributed by atoms with van der Waals surface area (Å²) in [6.07, 6.45) is 1.33. The summed E-state index contributed by atoms with van der Waals surface area (Å²) in [6, 6.07) is 14.6. The summed E-state index contributed by atoms with van der Waals surface area (Å²) in [5, 5.41) is 13.0. The standard InChI is InChI=1S/C25H16BrN3O8/c26-16-3-7-20(35-12-14-1-4-17(5-2-14)29(33)34)15(9-16)10-19-23(30)27-25(32)28(24(19)31)18-6-8-21-22(11-18)37-13-36-21/h1-11H,12-13H2,(H,27,30,32)/b19-10+. The van der Waals surface area contributed by atoms with Gasteiger partial charge in [0.05, 0.1) is 10.6 Å². The van der Waals surface area contributed by atoms with E-state index in [1.807, 2.05) is 0 Å². The summed E-state index contributed by atoms with van der Waals surface area (Å²) < 4.78 is 17.1. The maximum absolute atomic E-state index is 13.3. The molecule has 0 radical (unpaired) electrons. The van der Waals surface area contributed by atoms with E-state index < -0.39 is 22.8 Å². The second-order valence-electron chi connectivity index (χ2n) is 7.89. The number of carbonyl (C=O) groups is 3. The molecule has 0 spiro atoms. The van der Waals surface area contributed by atoms with Crippen molar-refractivity contribution in [1.82, 2.24) is 5.32 Å². The molecule has 0 atom stereocenters. The molecule has 3 aromatic carbocycles. The fourth-order valence-corrected chi connectivity index (χ4v) is 4.09. The highest BCUT2D eigenvalue weighted by atomic mass is 79.9. The van der Waals surface area contributed by atoms with Crippen LogP contribution in [0.1, 0.15) is 11.1 Å². The number of ether oxygens (including phenoxy) is 3. The zero-order valence-electron chi connectivity index (χ0n) is 18.8. The number of nitrogens with zero attached hydrogens (tertiary/aromatic N) is 2. The molecule has 11 nitrogen and oxygen atoms in total. The number of halogens is 1. The summed E-state index contributed by atoms with van der Waals surface area (Å²) in [4.78, 5) is 49.7. The average molecular weight is 566 g/mol. The maximum atomic E-state index is 13.3. The zero-order valence-corrected chi connectivity index (χ0v) is 20.4. The molecule has 4 amide bonds. The molecule has 0 bridgehead atoms. The van der Waals surface area contributed by atoms with E-state index >= 15 is 0 Å². The van der Waals surface area contributed by atoms with Crippen LogP contribution in [0.4, 0.5) is 16.2 Å². The Morgan fingerprint density at radius 3 is 2.54 bits per heavy atom. The van der Waals surface area contributed by atoms with E-state index in [1.54, 1.807) is 36.4 Å². The molecule has 0 aromatic heterocycles. The van der Waals surface area contributed by atoms with Crippen LogP contribution in [-0.2, 0) is 16.2 Å². The minimum atomic E-state index is -0.894. The SMILES string of the molecule is O=C1NC(=O)N(c2ccc3c(c2)OCO3)C(=O)/C1=C/c1cc(Br)ccc1OCc1ccc([N+](=O)[O-])cc1. The van der Waals surface area contributed by atoms with E-state index in [9.17, 15) is 24.5 Å². The van der Waals surface area contributed by atoms with Crippen LogP contribution < -0.4 is 24.4 Å². The van der Waals surface area contributed by atoms with Crippen molar-refractivity contribution in [2.75, 3.05) is 11.7 Å². The quantitative estimate of drug-likeness (QED) is 0.202. The number of anilines is 1. The van der Waals surface area contributed by atoms with Gasteiger partial charge in [0.25, 0.3) is 17.5 Å². The lowest BCUT2D eigenvalue weighted by Crippen LogP contribution is -2.54. The molecule has 0 saturated carbocycles. The summed E-state index contributed by atoms with van der Waals surface area (Å²) in [6.45, 7) is 0.103. The molecule has 5 rings (SSSR count). The molecule has 3 aromatic rings. The Morgan fingerprint density at radius 2 is 1.78 bits per heavy atom. The van der Waals surface area contributed by atoms with E-state index in [4.69, 9.17) is 14.2 Å². The normalized spacial score (nSPS) is 15.6. The Balaban J connectivity index is 1.43. The van der Waals surface area contributed by atoms with Gasteiger partial charge in [0, 0.05) is 28.2 Å². The van der Waals surface area contributed by atoms with Crippen LogP contribution in [0, 0.1) is 10.1 Å². The number of nitrogens with one attached hydrogen (secondary N) is 1. The number of imide groups is 2. The first kappa shape index (κ1) is 24.0. The number of nitro groups is 1. The van der Waals surface area contributed by atoms with Gasteiger partial charge in [-0.2, -0.15) is 0 Å². The average Bonchev–Trinajstić information content (AvgIpc) is 3.34. The Kier molecular flexibility index (Phi) is 6.32. The molecule has 186 valence electrons. The van der Waals surface area contributed by atoms with Gasteiger partial charge < -0.3 is 14.2 Å². The lowest BCUT2D eigenvalue weighted by atomic mass is 10.1. The lowest BCUT2D eigenvalue weighted by molar-refractivity contribution is -0.384. The summed E-state index contributed by atoms with van der Waals surface area (Å²) in [5.74, 6) is -0.484. The molecular formula is C25H16BrN3O8. The highest BCUT2D eigenvalue weighted by molar-refractivity contribution is 9.10. The number of nitro benzene ring substituents is 1. The Morgan fingerprint density at radius 1 is 1.03 bits per heavy atom. The molecule has 37 heavy (non-hydrogen) atoms. The van der Waals surface area contributed by atoms with Gasteiger partial charge in [-0.15, -0.1) is 0 Å². The van der Waals surface area contributed by atoms with Crippen molar-refractivity contribution in [2.24, 2.45) is 0 Å². The Labute approximate surface area is 217 Å². The number of hydrogen-bond acceptors (Lipinski definition) is 8. The Hall–Kier alpha value is -4.71. The van der Waals surface area contributed by atoms with Gasteiger partial charge in [-0.05, 0) is 54.1 Å². The molecule has 1 fully saturated rings. The van der Waals surface area contributed by atoms with Crippen molar-refractivity contribution in [3.05, 3.63) is 92.0 Å². The van der Waals surface area contributed by atoms with Crippen molar-refractivity contribution in [3.63, 3.8) is 0 Å². The van der Waals surface area contributed by atoms with Crippen molar-refractivity contribution in [2.45, 2.75) is 6.61 Å². The molecule has 0 aliphatic carbocycles. The monoisotopic (exact) mass is 565 g/mol. The number of fused-ring (bicyclic) bond motifs is 1. The molecule has 2 heterocycles. The van der Waals surface area contributed by atoms with Gasteiger partial charge in [-0.25, -0.2) is 9.69 Å². The number of rotatable bonds is 6. The van der Waals surface area contributed by atoms with Crippen molar-refractivity contribution >= 4 is 51.2 Å². The molecular weight excluding hydrogens is 550 g/mol. The number of benzene rings is 3. The smallest absolute Gasteiger partial charge is 0.335 e. The second-order valence-corrected chi connectivity index (χ2v) is 8.81. The lowest BCUT2D eigenvalue weighted by Gasteiger charge is -2.26. The molecule has 12 heteroatoms. The van der Waals surface area contributed by atoms with E-state index in [2.05, 4.69) is 21.2 Å². The predicted molar refractivity (Wildman–Crippen MR) is 133 cm³/mol. The fourth-order valence-electron chi connectivity index (χ4n) is 3.71. The molecule has 1 N–H and O–H groups in total. The highest BCUT2D eigenvalue weighted by Gasteiger charge is 2.37. The van der Waals surface area contributed by atoms with Crippen LogP contribution in [0.3, 0.4) is 0 Å². The summed E-state index contributed by atoms with van der Waals surface area (Å²) in [5.41, 5.74) is 0.957. The number of hydrogen-bond donors (Lipinski definition) is 1. The zero-order chi connectivity index (χ0) is 26.1. The first-order valence-electron chi connectivity index (χ1n) is 10.8. The van der Waals surface area contributed by atoms with Crippen LogP contribution in [0.25, 0.3) is 6.08 Å². The van der Waals surface area contributed by atoms with E-state index in [0.29, 0.717) is 32.8 Å².